The fraction of sp³-hybridized carbons (Fsp3) is 0.111. The Morgan fingerprint density at radius 1 is 0.852 bits per heavy atom. The van der Waals surface area contributed by atoms with E-state index in [1.54, 1.807) is 24.3 Å². The lowest BCUT2D eigenvalue weighted by Crippen LogP contribution is -2.43. The molecule has 0 aromatic heterocycles. The first kappa shape index (κ1) is 19.9. The van der Waals surface area contributed by atoms with Gasteiger partial charge in [-0.2, -0.15) is 0 Å². The first-order chi connectivity index (χ1) is 12.9. The maximum Gasteiger partial charge on any atom is 0.247 e. The molecule has 8 nitrogen and oxygen atoms in total. The third kappa shape index (κ3) is 6.12. The Labute approximate surface area is 159 Å². The SMILES string of the molecule is O=C(CC(=O)Nc1ccccc1C(=O)[O-])NNC(=O)Cc1ccccc1Cl. The molecule has 0 fully saturated rings. The van der Waals surface area contributed by atoms with Crippen molar-refractivity contribution in [3.8, 4) is 0 Å². The highest BCUT2D eigenvalue weighted by atomic mass is 35.5. The molecule has 2 rings (SSSR count). The van der Waals surface area contributed by atoms with E-state index in [4.69, 9.17) is 11.6 Å². The quantitative estimate of drug-likeness (QED) is 0.488. The Morgan fingerprint density at radius 2 is 1.48 bits per heavy atom. The van der Waals surface area contributed by atoms with Gasteiger partial charge in [0.2, 0.25) is 17.7 Å². The van der Waals surface area contributed by atoms with E-state index >= 15 is 0 Å². The van der Waals surface area contributed by atoms with Crippen molar-refractivity contribution < 1.29 is 24.3 Å². The van der Waals surface area contributed by atoms with E-state index in [2.05, 4.69) is 16.2 Å². The zero-order chi connectivity index (χ0) is 19.8. The standard InChI is InChI=1S/C18H16ClN3O5/c19-13-7-3-1-5-11(13)9-16(24)21-22-17(25)10-15(23)20-14-8-4-2-6-12(14)18(26)27/h1-8H,9-10H2,(H,20,23)(H,21,24)(H,22,25)(H,26,27)/p-1. The van der Waals surface area contributed by atoms with Crippen molar-refractivity contribution in [3.63, 3.8) is 0 Å². The number of benzene rings is 2. The molecule has 0 aliphatic rings. The molecule has 9 heteroatoms. The normalized spacial score (nSPS) is 9.96. The molecule has 3 amide bonds. The van der Waals surface area contributed by atoms with Crippen LogP contribution in [0.2, 0.25) is 5.02 Å². The minimum Gasteiger partial charge on any atom is -0.545 e. The number of para-hydroxylation sites is 1. The monoisotopic (exact) mass is 388 g/mol. The van der Waals surface area contributed by atoms with E-state index in [1.807, 2.05) is 0 Å². The summed E-state index contributed by atoms with van der Waals surface area (Å²) in [5, 5.41) is 13.7. The number of anilines is 1. The van der Waals surface area contributed by atoms with Crippen LogP contribution in [0.1, 0.15) is 22.3 Å². The molecule has 0 aliphatic heterocycles. The van der Waals surface area contributed by atoms with Crippen LogP contribution in [-0.4, -0.2) is 23.7 Å². The number of nitrogens with one attached hydrogen (secondary N) is 3. The summed E-state index contributed by atoms with van der Waals surface area (Å²) in [4.78, 5) is 46.4. The van der Waals surface area contributed by atoms with Crippen molar-refractivity contribution in [2.24, 2.45) is 0 Å². The Kier molecular flexibility index (Phi) is 6.90. The average molecular weight is 389 g/mol. The minimum absolute atomic E-state index is 0.0121. The molecule has 0 saturated carbocycles. The van der Waals surface area contributed by atoms with Crippen molar-refractivity contribution in [1.82, 2.24) is 10.9 Å². The molecule has 3 N–H and O–H groups in total. The molecule has 140 valence electrons. The smallest absolute Gasteiger partial charge is 0.247 e. The summed E-state index contributed by atoms with van der Waals surface area (Å²) in [6.07, 6.45) is -0.668. The maximum atomic E-state index is 11.9. The van der Waals surface area contributed by atoms with E-state index in [0.717, 1.165) is 0 Å². The van der Waals surface area contributed by atoms with Gasteiger partial charge in [0.05, 0.1) is 12.4 Å². The molecule has 0 saturated heterocycles. The van der Waals surface area contributed by atoms with Gasteiger partial charge in [0.25, 0.3) is 0 Å². The molecule has 0 spiro atoms. The van der Waals surface area contributed by atoms with Gasteiger partial charge in [0, 0.05) is 16.3 Å². The van der Waals surface area contributed by atoms with E-state index < -0.39 is 30.1 Å². The van der Waals surface area contributed by atoms with Crippen LogP contribution in [0, 0.1) is 0 Å². The summed E-state index contributed by atoms with van der Waals surface area (Å²) in [5.74, 6) is -3.49. The summed E-state index contributed by atoms with van der Waals surface area (Å²) in [7, 11) is 0. The first-order valence-corrected chi connectivity index (χ1v) is 8.16. The van der Waals surface area contributed by atoms with Crippen LogP contribution >= 0.6 is 11.6 Å². The summed E-state index contributed by atoms with van der Waals surface area (Å²) in [5.41, 5.74) is 4.67. The van der Waals surface area contributed by atoms with Gasteiger partial charge in [0.15, 0.2) is 0 Å². The zero-order valence-corrected chi connectivity index (χ0v) is 14.7. The van der Waals surface area contributed by atoms with Crippen molar-refractivity contribution in [1.29, 1.82) is 0 Å². The fourth-order valence-electron chi connectivity index (χ4n) is 2.15. The lowest BCUT2D eigenvalue weighted by atomic mass is 10.1. The minimum atomic E-state index is -1.46. The third-order valence-electron chi connectivity index (χ3n) is 3.39. The van der Waals surface area contributed by atoms with Gasteiger partial charge in [-0.3, -0.25) is 25.2 Å². The van der Waals surface area contributed by atoms with Crippen LogP contribution < -0.4 is 21.3 Å². The number of carboxylic acids is 1. The number of hydrogen-bond donors (Lipinski definition) is 3. The van der Waals surface area contributed by atoms with Crippen LogP contribution in [0.3, 0.4) is 0 Å². The molecule has 0 atom stereocenters. The summed E-state index contributed by atoms with van der Waals surface area (Å²) in [6, 6.07) is 12.4. The van der Waals surface area contributed by atoms with Crippen LogP contribution in [-0.2, 0) is 20.8 Å². The number of carbonyl (C=O) groups excluding carboxylic acids is 4. The van der Waals surface area contributed by atoms with E-state index in [9.17, 15) is 24.3 Å². The summed E-state index contributed by atoms with van der Waals surface area (Å²) >= 11 is 5.95. The molecule has 0 bridgehead atoms. The topological polar surface area (TPSA) is 127 Å². The number of halogens is 1. The van der Waals surface area contributed by atoms with Crippen LogP contribution in [0.25, 0.3) is 0 Å². The second-order valence-electron chi connectivity index (χ2n) is 5.42. The third-order valence-corrected chi connectivity index (χ3v) is 3.76. The highest BCUT2D eigenvalue weighted by molar-refractivity contribution is 6.31. The fourth-order valence-corrected chi connectivity index (χ4v) is 2.36. The maximum absolute atomic E-state index is 11.9. The summed E-state index contributed by atoms with van der Waals surface area (Å²) < 4.78 is 0. The first-order valence-electron chi connectivity index (χ1n) is 7.78. The molecule has 0 aliphatic carbocycles. The van der Waals surface area contributed by atoms with Gasteiger partial charge in [0.1, 0.15) is 6.42 Å². The molecule has 27 heavy (non-hydrogen) atoms. The number of carbonyl (C=O) groups is 4. The highest BCUT2D eigenvalue weighted by Crippen LogP contribution is 2.15. The second kappa shape index (κ2) is 9.35. The van der Waals surface area contributed by atoms with Crippen molar-refractivity contribution in [2.45, 2.75) is 12.8 Å². The molecular formula is C18H15ClN3O5-. The number of hydrogen-bond acceptors (Lipinski definition) is 5. The molecular weight excluding hydrogens is 374 g/mol. The van der Waals surface area contributed by atoms with Gasteiger partial charge in [-0.1, -0.05) is 48.0 Å². The lowest BCUT2D eigenvalue weighted by molar-refractivity contribution is -0.254. The van der Waals surface area contributed by atoms with E-state index in [-0.39, 0.29) is 17.7 Å². The number of amides is 3. The zero-order valence-electron chi connectivity index (χ0n) is 14.0. The van der Waals surface area contributed by atoms with Crippen molar-refractivity contribution in [2.75, 3.05) is 5.32 Å². The highest BCUT2D eigenvalue weighted by Gasteiger charge is 2.13. The predicted molar refractivity (Wildman–Crippen MR) is 95.5 cm³/mol. The van der Waals surface area contributed by atoms with E-state index in [0.29, 0.717) is 10.6 Å². The van der Waals surface area contributed by atoms with Gasteiger partial charge in [-0.05, 0) is 17.7 Å². The van der Waals surface area contributed by atoms with Gasteiger partial charge >= 0.3 is 0 Å². The largest absolute Gasteiger partial charge is 0.545 e. The molecule has 2 aromatic rings. The van der Waals surface area contributed by atoms with Crippen LogP contribution in [0.4, 0.5) is 5.69 Å². The number of rotatable bonds is 6. The number of carboxylic acid groups (broad SMARTS) is 1. The van der Waals surface area contributed by atoms with E-state index in [1.165, 1.54) is 24.3 Å². The Balaban J connectivity index is 1.82. The van der Waals surface area contributed by atoms with Gasteiger partial charge < -0.3 is 15.2 Å². The second-order valence-corrected chi connectivity index (χ2v) is 5.83. The lowest BCUT2D eigenvalue weighted by Gasteiger charge is -2.12. The Morgan fingerprint density at radius 3 is 2.19 bits per heavy atom. The van der Waals surface area contributed by atoms with Crippen LogP contribution in [0.15, 0.2) is 48.5 Å². The number of hydrazine groups is 1. The Bertz CT molecular complexity index is 885. The molecule has 0 heterocycles. The summed E-state index contributed by atoms with van der Waals surface area (Å²) in [6.45, 7) is 0. The van der Waals surface area contributed by atoms with Crippen molar-refractivity contribution in [3.05, 3.63) is 64.7 Å². The van der Waals surface area contributed by atoms with Crippen molar-refractivity contribution >= 4 is 41.0 Å². The van der Waals surface area contributed by atoms with Gasteiger partial charge in [-0.15, -0.1) is 0 Å². The number of aromatic carboxylic acids is 1. The molecule has 2 aromatic carbocycles. The molecule has 0 radical (unpaired) electrons. The van der Waals surface area contributed by atoms with Crippen LogP contribution in [0.5, 0.6) is 0 Å². The molecule has 0 unspecified atom stereocenters. The average Bonchev–Trinajstić information content (AvgIpc) is 2.62. The predicted octanol–water partition coefficient (Wildman–Crippen LogP) is 0.422. The Hall–Kier alpha value is -3.39. The van der Waals surface area contributed by atoms with Gasteiger partial charge in [-0.25, -0.2) is 0 Å².